The van der Waals surface area contributed by atoms with Crippen LogP contribution in [0.3, 0.4) is 0 Å². The number of ether oxygens (including phenoxy) is 3. The first kappa shape index (κ1) is 19.6. The highest BCUT2D eigenvalue weighted by Crippen LogP contribution is 2.32. The maximum atomic E-state index is 12.4. The Kier molecular flexibility index (Phi) is 5.69. The van der Waals surface area contributed by atoms with E-state index in [1.54, 1.807) is 25.3 Å². The quantitative estimate of drug-likeness (QED) is 0.463. The maximum Gasteiger partial charge on any atom is 0.329 e. The summed E-state index contributed by atoms with van der Waals surface area (Å²) in [5.41, 5.74) is 3.99. The minimum atomic E-state index is -0.766. The van der Waals surface area contributed by atoms with Crippen molar-refractivity contribution in [2.24, 2.45) is 5.10 Å². The van der Waals surface area contributed by atoms with Crippen molar-refractivity contribution in [3.05, 3.63) is 48.0 Å². The maximum absolute atomic E-state index is 12.4. The highest BCUT2D eigenvalue weighted by Gasteiger charge is 2.26. The molecule has 0 aromatic heterocycles. The van der Waals surface area contributed by atoms with E-state index in [4.69, 9.17) is 14.2 Å². The van der Waals surface area contributed by atoms with E-state index in [0.717, 1.165) is 17.0 Å². The Labute approximate surface area is 173 Å². The summed E-state index contributed by atoms with van der Waals surface area (Å²) < 4.78 is 15.9. The van der Waals surface area contributed by atoms with Gasteiger partial charge >= 0.3 is 11.8 Å². The average Bonchev–Trinajstić information content (AvgIpc) is 3.26. The van der Waals surface area contributed by atoms with Crippen LogP contribution in [0.1, 0.15) is 5.56 Å². The van der Waals surface area contributed by atoms with Crippen molar-refractivity contribution in [2.45, 2.75) is 0 Å². The van der Waals surface area contributed by atoms with E-state index in [0.29, 0.717) is 37.7 Å². The van der Waals surface area contributed by atoms with Gasteiger partial charge in [0.1, 0.15) is 5.75 Å². The number of nitrogens with one attached hydrogen (secondary N) is 1. The van der Waals surface area contributed by atoms with Crippen molar-refractivity contribution in [3.63, 3.8) is 0 Å². The molecule has 1 fully saturated rings. The van der Waals surface area contributed by atoms with Gasteiger partial charge in [-0.1, -0.05) is 12.1 Å². The average molecular weight is 410 g/mol. The van der Waals surface area contributed by atoms with Crippen molar-refractivity contribution < 1.29 is 23.8 Å². The van der Waals surface area contributed by atoms with Crippen LogP contribution < -0.4 is 24.5 Å². The Morgan fingerprint density at radius 3 is 2.63 bits per heavy atom. The van der Waals surface area contributed by atoms with Gasteiger partial charge in [0, 0.05) is 26.2 Å². The Morgan fingerprint density at radius 2 is 1.83 bits per heavy atom. The lowest BCUT2D eigenvalue weighted by atomic mass is 10.2. The van der Waals surface area contributed by atoms with Crippen LogP contribution in [-0.2, 0) is 9.59 Å². The van der Waals surface area contributed by atoms with E-state index in [-0.39, 0.29) is 6.79 Å². The number of carbonyl (C=O) groups is 2. The summed E-state index contributed by atoms with van der Waals surface area (Å²) in [6.45, 7) is 2.29. The minimum absolute atomic E-state index is 0.186. The topological polar surface area (TPSA) is 92.7 Å². The van der Waals surface area contributed by atoms with Gasteiger partial charge in [0.2, 0.25) is 6.79 Å². The molecule has 2 amide bonds. The number of amides is 2. The molecule has 2 aromatic carbocycles. The predicted octanol–water partition coefficient (Wildman–Crippen LogP) is 1.22. The molecule has 0 aliphatic carbocycles. The molecular weight excluding hydrogens is 388 g/mol. The molecule has 2 aromatic rings. The number of nitrogens with zero attached hydrogens (tertiary/aromatic N) is 3. The Hall–Kier alpha value is -3.75. The molecule has 0 atom stereocenters. The fraction of sp³-hybridized carbons (Fsp3) is 0.286. The molecule has 0 saturated carbocycles. The molecule has 0 radical (unpaired) electrons. The number of rotatable bonds is 4. The third-order valence-electron chi connectivity index (χ3n) is 4.96. The third kappa shape index (κ3) is 4.14. The molecule has 1 N–H and O–H groups in total. The lowest BCUT2D eigenvalue weighted by molar-refractivity contribution is -0.146. The molecule has 156 valence electrons. The number of hydrogen-bond donors (Lipinski definition) is 1. The fourth-order valence-corrected chi connectivity index (χ4v) is 3.39. The van der Waals surface area contributed by atoms with E-state index >= 15 is 0 Å². The van der Waals surface area contributed by atoms with Gasteiger partial charge in [-0.3, -0.25) is 9.59 Å². The molecule has 0 bridgehead atoms. The largest absolute Gasteiger partial charge is 0.495 e. The van der Waals surface area contributed by atoms with Gasteiger partial charge in [-0.2, -0.15) is 5.10 Å². The number of hydrazone groups is 1. The number of para-hydroxylation sites is 2. The minimum Gasteiger partial charge on any atom is -0.495 e. The number of hydrogen-bond acceptors (Lipinski definition) is 7. The van der Waals surface area contributed by atoms with Crippen LogP contribution in [0, 0.1) is 0 Å². The number of carbonyl (C=O) groups excluding carboxylic acids is 2. The van der Waals surface area contributed by atoms with Crippen LogP contribution in [0.15, 0.2) is 47.6 Å². The highest BCUT2D eigenvalue weighted by molar-refractivity contribution is 6.35. The summed E-state index contributed by atoms with van der Waals surface area (Å²) in [7, 11) is 1.63. The Morgan fingerprint density at radius 1 is 1.07 bits per heavy atom. The second-order valence-corrected chi connectivity index (χ2v) is 6.76. The molecule has 2 aliphatic heterocycles. The summed E-state index contributed by atoms with van der Waals surface area (Å²) in [6.07, 6.45) is 1.45. The summed E-state index contributed by atoms with van der Waals surface area (Å²) in [4.78, 5) is 28.3. The molecule has 9 nitrogen and oxygen atoms in total. The summed E-state index contributed by atoms with van der Waals surface area (Å²) in [6, 6.07) is 13.0. The standard InChI is InChI=1S/C21H22N4O5/c1-28-17-5-3-2-4-16(17)24-8-10-25(11-9-24)21(27)20(26)23-22-13-15-6-7-18-19(12-15)30-14-29-18/h2-7,12-13H,8-11,14H2,1H3,(H,23,26)/b22-13-. The van der Waals surface area contributed by atoms with Gasteiger partial charge in [-0.25, -0.2) is 5.43 Å². The second kappa shape index (κ2) is 8.73. The van der Waals surface area contributed by atoms with Crippen molar-refractivity contribution in [1.82, 2.24) is 10.3 Å². The van der Waals surface area contributed by atoms with Crippen molar-refractivity contribution in [3.8, 4) is 17.2 Å². The zero-order valence-electron chi connectivity index (χ0n) is 16.5. The molecule has 0 spiro atoms. The van der Waals surface area contributed by atoms with E-state index in [9.17, 15) is 9.59 Å². The SMILES string of the molecule is COc1ccccc1N1CCN(C(=O)C(=O)N/N=C\c2ccc3c(c2)OCO3)CC1. The van der Waals surface area contributed by atoms with Gasteiger partial charge in [0.25, 0.3) is 0 Å². The van der Waals surface area contributed by atoms with Crippen LogP contribution in [0.5, 0.6) is 17.2 Å². The van der Waals surface area contributed by atoms with Crippen LogP contribution in [-0.4, -0.2) is 63.0 Å². The molecule has 2 aliphatic rings. The predicted molar refractivity (Wildman–Crippen MR) is 110 cm³/mol. The molecule has 30 heavy (non-hydrogen) atoms. The van der Waals surface area contributed by atoms with E-state index in [1.165, 1.54) is 11.1 Å². The van der Waals surface area contributed by atoms with Crippen LogP contribution in [0.2, 0.25) is 0 Å². The molecule has 1 saturated heterocycles. The molecule has 4 rings (SSSR count). The number of fused-ring (bicyclic) bond motifs is 1. The van der Waals surface area contributed by atoms with Gasteiger partial charge in [-0.15, -0.1) is 0 Å². The summed E-state index contributed by atoms with van der Waals surface area (Å²) in [5, 5.41) is 3.87. The van der Waals surface area contributed by atoms with Crippen molar-refractivity contribution in [2.75, 3.05) is 45.0 Å². The zero-order chi connectivity index (χ0) is 20.9. The van der Waals surface area contributed by atoms with Crippen LogP contribution >= 0.6 is 0 Å². The first-order valence-electron chi connectivity index (χ1n) is 9.55. The molecular formula is C21H22N4O5. The van der Waals surface area contributed by atoms with Crippen LogP contribution in [0.25, 0.3) is 0 Å². The van der Waals surface area contributed by atoms with Crippen molar-refractivity contribution >= 4 is 23.7 Å². The molecule has 2 heterocycles. The van der Waals surface area contributed by atoms with Gasteiger partial charge in [-0.05, 0) is 35.9 Å². The fourth-order valence-electron chi connectivity index (χ4n) is 3.39. The lowest BCUT2D eigenvalue weighted by Crippen LogP contribution is -2.52. The van der Waals surface area contributed by atoms with Crippen LogP contribution in [0.4, 0.5) is 5.69 Å². The Balaban J connectivity index is 1.29. The van der Waals surface area contributed by atoms with E-state index < -0.39 is 11.8 Å². The Bertz CT molecular complexity index is 970. The normalized spacial score (nSPS) is 15.4. The van der Waals surface area contributed by atoms with E-state index in [2.05, 4.69) is 15.4 Å². The molecule has 0 unspecified atom stereocenters. The number of anilines is 1. The monoisotopic (exact) mass is 410 g/mol. The number of benzene rings is 2. The zero-order valence-corrected chi connectivity index (χ0v) is 16.5. The first-order chi connectivity index (χ1) is 14.7. The first-order valence-corrected chi connectivity index (χ1v) is 9.55. The van der Waals surface area contributed by atoms with Gasteiger partial charge in [0.05, 0.1) is 19.0 Å². The second-order valence-electron chi connectivity index (χ2n) is 6.76. The highest BCUT2D eigenvalue weighted by atomic mass is 16.7. The summed E-state index contributed by atoms with van der Waals surface area (Å²) >= 11 is 0. The van der Waals surface area contributed by atoms with E-state index in [1.807, 2.05) is 24.3 Å². The van der Waals surface area contributed by atoms with Gasteiger partial charge < -0.3 is 24.0 Å². The lowest BCUT2D eigenvalue weighted by Gasteiger charge is -2.36. The van der Waals surface area contributed by atoms with Gasteiger partial charge in [0.15, 0.2) is 11.5 Å². The number of methoxy groups -OCH3 is 1. The third-order valence-corrected chi connectivity index (χ3v) is 4.96. The summed E-state index contributed by atoms with van der Waals surface area (Å²) in [5.74, 6) is 0.705. The number of piperazine rings is 1. The molecule has 9 heteroatoms. The smallest absolute Gasteiger partial charge is 0.329 e. The van der Waals surface area contributed by atoms with Crippen molar-refractivity contribution in [1.29, 1.82) is 0 Å².